The summed E-state index contributed by atoms with van der Waals surface area (Å²) >= 11 is 0. The van der Waals surface area contributed by atoms with Crippen LogP contribution in [-0.4, -0.2) is 21.7 Å². The molecule has 0 saturated carbocycles. The van der Waals surface area contributed by atoms with Gasteiger partial charge in [-0.2, -0.15) is 4.98 Å². The lowest BCUT2D eigenvalue weighted by Crippen LogP contribution is -2.23. The zero-order valence-electron chi connectivity index (χ0n) is 9.34. The normalized spacial score (nSPS) is 12.6. The van der Waals surface area contributed by atoms with E-state index in [9.17, 15) is 0 Å². The molecule has 0 saturated heterocycles. The average Bonchev–Trinajstić information content (AvgIpc) is 2.74. The van der Waals surface area contributed by atoms with E-state index in [0.29, 0.717) is 11.7 Å². The molecule has 2 rings (SSSR count). The summed E-state index contributed by atoms with van der Waals surface area (Å²) in [5, 5.41) is 7.20. The summed E-state index contributed by atoms with van der Waals surface area (Å²) in [6.07, 6.45) is 1.76. The van der Waals surface area contributed by atoms with Gasteiger partial charge in [0.1, 0.15) is 6.04 Å². The maximum absolute atomic E-state index is 4.98. The van der Waals surface area contributed by atoms with Gasteiger partial charge in [-0.1, -0.05) is 18.1 Å². The van der Waals surface area contributed by atoms with Gasteiger partial charge >= 0.3 is 0 Å². The second-order valence-corrected chi connectivity index (χ2v) is 3.42. The third-order valence-corrected chi connectivity index (χ3v) is 2.19. The Morgan fingerprint density at radius 3 is 2.88 bits per heavy atom. The summed E-state index contributed by atoms with van der Waals surface area (Å²) in [5.74, 6) is 1.19. The Balaban J connectivity index is 2.31. The van der Waals surface area contributed by atoms with E-state index in [-0.39, 0.29) is 6.04 Å². The first-order valence-electron chi connectivity index (χ1n) is 5.25. The Morgan fingerprint density at radius 2 is 2.31 bits per heavy atom. The van der Waals surface area contributed by atoms with Crippen LogP contribution in [0, 0.1) is 6.92 Å². The molecule has 0 amide bonds. The number of rotatable bonds is 4. The SMILES string of the molecule is CCN[C@H](c1ccccn1)c1noc(C)n1. The molecule has 1 atom stereocenters. The van der Waals surface area contributed by atoms with E-state index in [1.807, 2.05) is 25.1 Å². The van der Waals surface area contributed by atoms with Crippen LogP contribution in [0.15, 0.2) is 28.9 Å². The van der Waals surface area contributed by atoms with E-state index < -0.39 is 0 Å². The van der Waals surface area contributed by atoms with E-state index in [1.165, 1.54) is 0 Å². The maximum atomic E-state index is 4.98. The summed E-state index contributed by atoms with van der Waals surface area (Å²) in [5.41, 5.74) is 0.894. The van der Waals surface area contributed by atoms with Gasteiger partial charge in [0.05, 0.1) is 5.69 Å². The largest absolute Gasteiger partial charge is 0.340 e. The third-order valence-electron chi connectivity index (χ3n) is 2.19. The van der Waals surface area contributed by atoms with E-state index >= 15 is 0 Å². The van der Waals surface area contributed by atoms with E-state index in [1.54, 1.807) is 13.1 Å². The smallest absolute Gasteiger partial charge is 0.223 e. The van der Waals surface area contributed by atoms with Crippen LogP contribution in [0.3, 0.4) is 0 Å². The Morgan fingerprint density at radius 1 is 1.44 bits per heavy atom. The number of hydrogen-bond acceptors (Lipinski definition) is 5. The first-order valence-corrected chi connectivity index (χ1v) is 5.25. The lowest BCUT2D eigenvalue weighted by atomic mass is 10.2. The lowest BCUT2D eigenvalue weighted by Gasteiger charge is -2.12. The summed E-state index contributed by atoms with van der Waals surface area (Å²) in [6, 6.07) is 5.66. The third kappa shape index (κ3) is 2.25. The first-order chi connectivity index (χ1) is 7.81. The number of nitrogens with zero attached hydrogens (tertiary/aromatic N) is 3. The molecule has 0 aliphatic heterocycles. The van der Waals surface area contributed by atoms with Crippen LogP contribution in [0.2, 0.25) is 0 Å². The number of aryl methyl sites for hydroxylation is 1. The van der Waals surface area contributed by atoms with Crippen molar-refractivity contribution in [3.05, 3.63) is 41.8 Å². The Labute approximate surface area is 93.9 Å². The van der Waals surface area contributed by atoms with Gasteiger partial charge in [-0.15, -0.1) is 0 Å². The molecule has 2 heterocycles. The molecule has 84 valence electrons. The molecule has 16 heavy (non-hydrogen) atoms. The maximum Gasteiger partial charge on any atom is 0.223 e. The predicted octanol–water partition coefficient (Wildman–Crippen LogP) is 1.47. The molecule has 2 aromatic heterocycles. The molecule has 0 spiro atoms. The molecular formula is C11H14N4O. The van der Waals surface area contributed by atoms with E-state index in [2.05, 4.69) is 20.4 Å². The molecule has 5 heteroatoms. The molecule has 0 aliphatic carbocycles. The zero-order valence-corrected chi connectivity index (χ0v) is 9.34. The zero-order chi connectivity index (χ0) is 11.4. The summed E-state index contributed by atoms with van der Waals surface area (Å²) in [7, 11) is 0. The molecule has 0 aliphatic rings. The average molecular weight is 218 g/mol. The monoisotopic (exact) mass is 218 g/mol. The van der Waals surface area contributed by atoms with Crippen molar-refractivity contribution in [3.63, 3.8) is 0 Å². The summed E-state index contributed by atoms with van der Waals surface area (Å²) in [4.78, 5) is 8.52. The number of nitrogens with one attached hydrogen (secondary N) is 1. The number of aromatic nitrogens is 3. The fourth-order valence-corrected chi connectivity index (χ4v) is 1.51. The standard InChI is InChI=1S/C11H14N4O/c1-3-12-10(9-6-4-5-7-13-9)11-14-8(2)16-15-11/h4-7,10,12H,3H2,1-2H3/t10-/m1/s1. The van der Waals surface area contributed by atoms with Crippen molar-refractivity contribution in [2.75, 3.05) is 6.54 Å². The minimum absolute atomic E-state index is 0.108. The highest BCUT2D eigenvalue weighted by Gasteiger charge is 2.19. The van der Waals surface area contributed by atoms with Gasteiger partial charge in [0.15, 0.2) is 5.82 Å². The second kappa shape index (κ2) is 4.85. The van der Waals surface area contributed by atoms with Gasteiger partial charge in [-0.3, -0.25) is 4.98 Å². The second-order valence-electron chi connectivity index (χ2n) is 3.42. The van der Waals surface area contributed by atoms with Gasteiger partial charge in [-0.05, 0) is 18.7 Å². The lowest BCUT2D eigenvalue weighted by molar-refractivity contribution is 0.381. The van der Waals surface area contributed by atoms with Crippen LogP contribution in [0.4, 0.5) is 0 Å². The van der Waals surface area contributed by atoms with Crippen molar-refractivity contribution in [1.82, 2.24) is 20.4 Å². The van der Waals surface area contributed by atoms with Crippen molar-refractivity contribution in [1.29, 1.82) is 0 Å². The van der Waals surface area contributed by atoms with E-state index in [0.717, 1.165) is 12.2 Å². The van der Waals surface area contributed by atoms with Gasteiger partial charge in [0.25, 0.3) is 0 Å². The summed E-state index contributed by atoms with van der Waals surface area (Å²) in [6.45, 7) is 4.62. The molecule has 2 aromatic rings. The number of hydrogen-bond donors (Lipinski definition) is 1. The minimum atomic E-state index is -0.108. The van der Waals surface area contributed by atoms with Crippen LogP contribution in [0.5, 0.6) is 0 Å². The fraction of sp³-hybridized carbons (Fsp3) is 0.364. The molecule has 0 aromatic carbocycles. The predicted molar refractivity (Wildman–Crippen MR) is 58.8 cm³/mol. The molecule has 0 unspecified atom stereocenters. The van der Waals surface area contributed by atoms with Crippen molar-refractivity contribution < 1.29 is 4.52 Å². The van der Waals surface area contributed by atoms with Gasteiger partial charge < -0.3 is 9.84 Å². The highest BCUT2D eigenvalue weighted by atomic mass is 16.5. The Hall–Kier alpha value is -1.75. The van der Waals surface area contributed by atoms with Crippen LogP contribution >= 0.6 is 0 Å². The topological polar surface area (TPSA) is 63.8 Å². The molecule has 1 N–H and O–H groups in total. The molecule has 5 nitrogen and oxygen atoms in total. The highest BCUT2D eigenvalue weighted by molar-refractivity contribution is 5.16. The first kappa shape index (κ1) is 10.8. The van der Waals surface area contributed by atoms with Crippen molar-refractivity contribution in [2.45, 2.75) is 19.9 Å². The molecular weight excluding hydrogens is 204 g/mol. The van der Waals surface area contributed by atoms with Crippen molar-refractivity contribution in [3.8, 4) is 0 Å². The van der Waals surface area contributed by atoms with Crippen LogP contribution in [-0.2, 0) is 0 Å². The van der Waals surface area contributed by atoms with Crippen molar-refractivity contribution in [2.24, 2.45) is 0 Å². The van der Waals surface area contributed by atoms with Crippen LogP contribution in [0.25, 0.3) is 0 Å². The molecule has 0 bridgehead atoms. The molecule has 0 fully saturated rings. The Kier molecular flexibility index (Phi) is 3.26. The van der Waals surface area contributed by atoms with Crippen LogP contribution in [0.1, 0.15) is 30.4 Å². The van der Waals surface area contributed by atoms with Gasteiger partial charge in [0.2, 0.25) is 5.89 Å². The van der Waals surface area contributed by atoms with Gasteiger partial charge in [-0.25, -0.2) is 0 Å². The highest BCUT2D eigenvalue weighted by Crippen LogP contribution is 2.16. The van der Waals surface area contributed by atoms with Crippen molar-refractivity contribution >= 4 is 0 Å². The number of pyridine rings is 1. The van der Waals surface area contributed by atoms with E-state index in [4.69, 9.17) is 4.52 Å². The quantitative estimate of drug-likeness (QED) is 0.842. The fourth-order valence-electron chi connectivity index (χ4n) is 1.51. The molecule has 0 radical (unpaired) electrons. The Bertz CT molecular complexity index is 440. The van der Waals surface area contributed by atoms with Crippen LogP contribution < -0.4 is 5.32 Å². The van der Waals surface area contributed by atoms with Gasteiger partial charge in [0, 0.05) is 13.1 Å². The minimum Gasteiger partial charge on any atom is -0.340 e. The summed E-state index contributed by atoms with van der Waals surface area (Å²) < 4.78 is 4.98.